The maximum absolute atomic E-state index is 13.3. The van der Waals surface area contributed by atoms with E-state index in [0.717, 1.165) is 0 Å². The Labute approximate surface area is 189 Å². The number of nitrogens with zero attached hydrogens (tertiary/aromatic N) is 1. The van der Waals surface area contributed by atoms with Crippen molar-refractivity contribution in [2.45, 2.75) is 45.3 Å². The van der Waals surface area contributed by atoms with Gasteiger partial charge in [-0.2, -0.15) is 0 Å². The molecule has 0 radical (unpaired) electrons. The number of anilines is 1. The summed E-state index contributed by atoms with van der Waals surface area (Å²) in [6.07, 6.45) is 0.515. The van der Waals surface area contributed by atoms with Gasteiger partial charge in [0.05, 0.1) is 23.5 Å². The first-order chi connectivity index (χ1) is 14.6. The summed E-state index contributed by atoms with van der Waals surface area (Å²) < 4.78 is 18.0. The van der Waals surface area contributed by atoms with Crippen molar-refractivity contribution in [1.82, 2.24) is 0 Å². The van der Waals surface area contributed by atoms with Crippen LogP contribution in [0.4, 0.5) is 5.69 Å². The van der Waals surface area contributed by atoms with Gasteiger partial charge < -0.3 is 24.1 Å². The van der Waals surface area contributed by atoms with Crippen molar-refractivity contribution in [1.29, 1.82) is 0 Å². The third kappa shape index (κ3) is 4.90. The number of ether oxygens (including phenoxy) is 1. The summed E-state index contributed by atoms with van der Waals surface area (Å²) in [5.41, 5.74) is 0.692. The fourth-order valence-electron chi connectivity index (χ4n) is 3.23. The van der Waals surface area contributed by atoms with Gasteiger partial charge in [-0.3, -0.25) is 4.79 Å². The molecule has 1 amide bonds. The second-order valence-corrected chi connectivity index (χ2v) is 8.99. The molecule has 1 N–H and O–H groups in total. The number of para-hydroxylation sites is 2. The molecule has 1 heterocycles. The molecule has 0 bridgehead atoms. The lowest BCUT2D eigenvalue weighted by atomic mass is 9.78. The van der Waals surface area contributed by atoms with Crippen molar-refractivity contribution in [2.75, 3.05) is 25.2 Å². The zero-order chi connectivity index (χ0) is 22.8. The first-order valence-corrected chi connectivity index (χ1v) is 10.7. The van der Waals surface area contributed by atoms with Gasteiger partial charge in [-0.05, 0) is 58.0 Å². The highest BCUT2D eigenvalue weighted by atomic mass is 35.5. The highest BCUT2D eigenvalue weighted by Gasteiger charge is 2.52. The maximum Gasteiger partial charge on any atom is 0.496 e. The summed E-state index contributed by atoms with van der Waals surface area (Å²) in [4.78, 5) is 14.8. The smallest absolute Gasteiger partial charge is 0.491 e. The van der Waals surface area contributed by atoms with Crippen LogP contribution in [0.25, 0.3) is 0 Å². The van der Waals surface area contributed by atoms with Crippen LogP contribution in [0.15, 0.2) is 42.5 Å². The summed E-state index contributed by atoms with van der Waals surface area (Å²) >= 11 is 6.43. The molecule has 2 aromatic carbocycles. The number of benzene rings is 2. The van der Waals surface area contributed by atoms with Crippen molar-refractivity contribution in [3.63, 3.8) is 0 Å². The molecule has 0 unspecified atom stereocenters. The van der Waals surface area contributed by atoms with Gasteiger partial charge in [-0.1, -0.05) is 23.7 Å². The monoisotopic (exact) mass is 445 g/mol. The Hall–Kier alpha value is -2.06. The molecule has 0 aliphatic carbocycles. The lowest BCUT2D eigenvalue weighted by molar-refractivity contribution is 0.00578. The second-order valence-electron chi connectivity index (χ2n) is 8.58. The van der Waals surface area contributed by atoms with Crippen LogP contribution in [0.5, 0.6) is 5.75 Å². The predicted molar refractivity (Wildman–Crippen MR) is 124 cm³/mol. The average molecular weight is 446 g/mol. The summed E-state index contributed by atoms with van der Waals surface area (Å²) in [7, 11) is 1.03. The van der Waals surface area contributed by atoms with E-state index in [1.165, 1.54) is 4.90 Å². The Morgan fingerprint density at radius 1 is 1.13 bits per heavy atom. The largest absolute Gasteiger partial charge is 0.496 e. The minimum Gasteiger partial charge on any atom is -0.491 e. The molecule has 31 heavy (non-hydrogen) atoms. The first kappa shape index (κ1) is 23.6. The lowest BCUT2D eigenvalue weighted by Crippen LogP contribution is -2.41. The van der Waals surface area contributed by atoms with E-state index in [4.69, 9.17) is 30.8 Å². The number of rotatable bonds is 7. The van der Waals surface area contributed by atoms with Gasteiger partial charge >= 0.3 is 7.12 Å². The second kappa shape index (κ2) is 9.21. The van der Waals surface area contributed by atoms with E-state index < -0.39 is 18.3 Å². The van der Waals surface area contributed by atoms with E-state index >= 15 is 0 Å². The molecule has 0 atom stereocenters. The number of amides is 1. The van der Waals surface area contributed by atoms with E-state index in [1.807, 2.05) is 45.9 Å². The molecule has 0 aromatic heterocycles. The molecule has 0 saturated carbocycles. The zero-order valence-electron chi connectivity index (χ0n) is 18.6. The van der Waals surface area contributed by atoms with Gasteiger partial charge in [0.2, 0.25) is 0 Å². The van der Waals surface area contributed by atoms with Crippen molar-refractivity contribution in [3.05, 3.63) is 53.1 Å². The molecule has 166 valence electrons. The highest BCUT2D eigenvalue weighted by Crippen LogP contribution is 2.37. The van der Waals surface area contributed by atoms with Crippen LogP contribution < -0.4 is 15.1 Å². The van der Waals surface area contributed by atoms with Gasteiger partial charge in [-0.25, -0.2) is 0 Å². The van der Waals surface area contributed by atoms with Crippen LogP contribution in [-0.2, 0) is 9.31 Å². The number of carbonyl (C=O) groups is 1. The number of aliphatic hydroxyl groups is 1. The van der Waals surface area contributed by atoms with Crippen molar-refractivity contribution < 1.29 is 23.9 Å². The number of aliphatic hydroxyl groups excluding tert-OH is 1. The zero-order valence-corrected chi connectivity index (χ0v) is 19.4. The fraction of sp³-hybridized carbons (Fsp3) is 0.435. The third-order valence-corrected chi connectivity index (χ3v) is 6.19. The molecule has 6 nitrogen and oxygen atoms in total. The normalized spacial score (nSPS) is 16.9. The lowest BCUT2D eigenvalue weighted by Gasteiger charge is -2.32. The summed E-state index contributed by atoms with van der Waals surface area (Å²) in [5, 5.41) is 9.46. The number of hydrogen-bond acceptors (Lipinski definition) is 5. The Morgan fingerprint density at radius 2 is 1.77 bits per heavy atom. The summed E-state index contributed by atoms with van der Waals surface area (Å²) in [6.45, 7) is 8.29. The van der Waals surface area contributed by atoms with E-state index in [0.29, 0.717) is 40.5 Å². The van der Waals surface area contributed by atoms with Crippen molar-refractivity contribution in [3.8, 4) is 5.75 Å². The quantitative estimate of drug-likeness (QED) is 0.520. The van der Waals surface area contributed by atoms with Crippen molar-refractivity contribution in [2.24, 2.45) is 0 Å². The van der Waals surface area contributed by atoms with E-state index in [-0.39, 0.29) is 12.5 Å². The first-order valence-electron chi connectivity index (χ1n) is 10.3. The van der Waals surface area contributed by atoms with Crippen LogP contribution in [-0.4, -0.2) is 49.6 Å². The van der Waals surface area contributed by atoms with Gasteiger partial charge in [0, 0.05) is 36.1 Å². The molecule has 1 fully saturated rings. The van der Waals surface area contributed by atoms with Gasteiger partial charge in [-0.15, -0.1) is 0 Å². The van der Waals surface area contributed by atoms with Gasteiger partial charge in [0.1, 0.15) is 5.75 Å². The maximum atomic E-state index is 13.3. The molecular formula is C23H29BClNO5. The van der Waals surface area contributed by atoms with E-state index in [1.54, 1.807) is 31.3 Å². The standard InChI is InChI=1S/C23H29BClNO5/c1-22(2)23(3,4)31-24(30-22)17-15-16(11-12-18(17)25)21(28)26(5)19-9-6-7-10-20(19)29-14-8-13-27/h6-7,9-12,15,27H,8,13-14H2,1-5H3. The molecule has 1 saturated heterocycles. The minimum atomic E-state index is -0.662. The van der Waals surface area contributed by atoms with E-state index in [2.05, 4.69) is 0 Å². The molecule has 0 spiro atoms. The molecule has 3 rings (SSSR count). The van der Waals surface area contributed by atoms with Crippen LogP contribution in [0.1, 0.15) is 44.5 Å². The summed E-state index contributed by atoms with van der Waals surface area (Å²) in [5.74, 6) is 0.361. The Bertz CT molecular complexity index is 933. The van der Waals surface area contributed by atoms with Gasteiger partial charge in [0.25, 0.3) is 5.91 Å². The van der Waals surface area contributed by atoms with Crippen LogP contribution in [0.2, 0.25) is 5.02 Å². The summed E-state index contributed by atoms with van der Waals surface area (Å²) in [6, 6.07) is 12.4. The molecule has 1 aliphatic heterocycles. The number of halogens is 1. The van der Waals surface area contributed by atoms with Gasteiger partial charge in [0.15, 0.2) is 0 Å². The van der Waals surface area contributed by atoms with Crippen molar-refractivity contribution >= 4 is 35.8 Å². The van der Waals surface area contributed by atoms with Crippen LogP contribution >= 0.6 is 11.6 Å². The van der Waals surface area contributed by atoms with Crippen LogP contribution in [0.3, 0.4) is 0 Å². The highest BCUT2D eigenvalue weighted by molar-refractivity contribution is 6.65. The average Bonchev–Trinajstić information content (AvgIpc) is 2.94. The third-order valence-electron chi connectivity index (χ3n) is 5.84. The molecule has 2 aromatic rings. The Kier molecular flexibility index (Phi) is 7.01. The van der Waals surface area contributed by atoms with E-state index in [9.17, 15) is 4.79 Å². The Morgan fingerprint density at radius 3 is 2.42 bits per heavy atom. The number of hydrogen-bond donors (Lipinski definition) is 1. The predicted octanol–water partition coefficient (Wildman–Crippen LogP) is 3.68. The topological polar surface area (TPSA) is 68.2 Å². The van der Waals surface area contributed by atoms with Crippen LogP contribution in [0, 0.1) is 0 Å². The molecule has 8 heteroatoms. The minimum absolute atomic E-state index is 0.0450. The Balaban J connectivity index is 1.86. The number of carbonyl (C=O) groups excluding carboxylic acids is 1. The molecule has 1 aliphatic rings. The SMILES string of the molecule is CN(C(=O)c1ccc(Cl)c(B2OC(C)(C)C(C)(C)O2)c1)c1ccccc1OCCCO. The molecular weight excluding hydrogens is 417 g/mol. The fourth-order valence-corrected chi connectivity index (χ4v) is 3.44.